The number of rotatable bonds is 3. The van der Waals surface area contributed by atoms with Crippen LogP contribution in [0.1, 0.15) is 26.3 Å². The summed E-state index contributed by atoms with van der Waals surface area (Å²) >= 11 is 0. The second-order valence-electron chi connectivity index (χ2n) is 4.00. The molecule has 20 heavy (non-hydrogen) atoms. The van der Waals surface area contributed by atoms with Gasteiger partial charge in [0, 0.05) is 0 Å². The average molecular weight is 267 g/mol. The predicted octanol–water partition coefficient (Wildman–Crippen LogP) is 2.62. The molecule has 2 aromatic rings. The van der Waals surface area contributed by atoms with Crippen LogP contribution in [0.3, 0.4) is 0 Å². The molecule has 0 aliphatic carbocycles. The van der Waals surface area contributed by atoms with Crippen LogP contribution in [0.5, 0.6) is 0 Å². The van der Waals surface area contributed by atoms with Gasteiger partial charge >= 0.3 is 11.9 Å². The van der Waals surface area contributed by atoms with Gasteiger partial charge in [-0.15, -0.1) is 0 Å². The summed E-state index contributed by atoms with van der Waals surface area (Å²) < 4.78 is 0. The van der Waals surface area contributed by atoms with E-state index in [9.17, 15) is 19.8 Å². The summed E-state index contributed by atoms with van der Waals surface area (Å²) in [5.41, 5.74) is 0.285. The number of carboxylic acids is 2. The Morgan fingerprint density at radius 3 is 2.15 bits per heavy atom. The minimum Gasteiger partial charge on any atom is -0.478 e. The molecule has 0 fully saturated rings. The molecular weight excluding hydrogens is 258 g/mol. The highest BCUT2D eigenvalue weighted by molar-refractivity contribution is 6.03. The lowest BCUT2D eigenvalue weighted by Crippen LogP contribution is -2.06. The lowest BCUT2D eigenvalue weighted by molar-refractivity contribution is 0.0684. The number of carbonyl (C=O) groups is 2. The molecule has 0 saturated heterocycles. The summed E-state index contributed by atoms with van der Waals surface area (Å²) in [6.07, 6.45) is 0. The Balaban J connectivity index is 2.81. The lowest BCUT2D eigenvalue weighted by Gasteiger charge is -2.10. The highest BCUT2D eigenvalue weighted by Gasteiger charge is 2.20. The minimum atomic E-state index is -1.27. The van der Waals surface area contributed by atoms with E-state index in [4.69, 9.17) is 5.26 Å². The Kier molecular flexibility index (Phi) is 3.49. The van der Waals surface area contributed by atoms with Crippen LogP contribution >= 0.6 is 0 Å². The first-order valence-corrected chi connectivity index (χ1v) is 5.65. The van der Waals surface area contributed by atoms with Crippen LogP contribution in [-0.2, 0) is 0 Å². The summed E-state index contributed by atoms with van der Waals surface area (Å²) in [6.45, 7) is 0. The maximum absolute atomic E-state index is 11.4. The van der Waals surface area contributed by atoms with Crippen molar-refractivity contribution in [3.05, 3.63) is 59.2 Å². The first-order valence-electron chi connectivity index (χ1n) is 5.65. The topological polar surface area (TPSA) is 98.4 Å². The average Bonchev–Trinajstić information content (AvgIpc) is 2.46. The van der Waals surface area contributed by atoms with Crippen molar-refractivity contribution in [2.45, 2.75) is 0 Å². The molecule has 5 heteroatoms. The van der Waals surface area contributed by atoms with Gasteiger partial charge in [0.2, 0.25) is 0 Å². The second kappa shape index (κ2) is 5.24. The van der Waals surface area contributed by atoms with Crippen molar-refractivity contribution in [3.63, 3.8) is 0 Å². The van der Waals surface area contributed by atoms with Crippen molar-refractivity contribution in [3.8, 4) is 17.2 Å². The fraction of sp³-hybridized carbons (Fsp3) is 0. The molecule has 0 heterocycles. The molecule has 98 valence electrons. The maximum Gasteiger partial charge on any atom is 0.337 e. The molecule has 0 unspecified atom stereocenters. The molecule has 5 nitrogen and oxygen atoms in total. The normalized spacial score (nSPS) is 9.75. The van der Waals surface area contributed by atoms with Gasteiger partial charge in [0.1, 0.15) is 6.07 Å². The van der Waals surface area contributed by atoms with E-state index in [1.807, 2.05) is 6.07 Å². The van der Waals surface area contributed by atoms with Crippen LogP contribution in [0.4, 0.5) is 0 Å². The third-order valence-electron chi connectivity index (χ3n) is 2.85. The van der Waals surface area contributed by atoms with Crippen molar-refractivity contribution in [1.29, 1.82) is 5.26 Å². The third kappa shape index (κ3) is 2.22. The molecule has 2 aromatic carbocycles. The Hall–Kier alpha value is -3.13. The van der Waals surface area contributed by atoms with E-state index in [2.05, 4.69) is 0 Å². The molecule has 0 aromatic heterocycles. The van der Waals surface area contributed by atoms with E-state index in [0.29, 0.717) is 0 Å². The predicted molar refractivity (Wildman–Crippen MR) is 70.5 cm³/mol. The van der Waals surface area contributed by atoms with Crippen molar-refractivity contribution in [2.24, 2.45) is 0 Å². The minimum absolute atomic E-state index is 0.00445. The van der Waals surface area contributed by atoms with Crippen molar-refractivity contribution < 1.29 is 19.8 Å². The molecule has 0 amide bonds. The molecular formula is C15H9NO4. The summed E-state index contributed by atoms with van der Waals surface area (Å²) in [7, 11) is 0. The van der Waals surface area contributed by atoms with Crippen LogP contribution in [-0.4, -0.2) is 22.2 Å². The monoisotopic (exact) mass is 267 g/mol. The van der Waals surface area contributed by atoms with Gasteiger partial charge in [-0.2, -0.15) is 5.26 Å². The van der Waals surface area contributed by atoms with Crippen molar-refractivity contribution in [1.82, 2.24) is 0 Å². The Bertz CT molecular complexity index is 744. The Morgan fingerprint density at radius 1 is 0.900 bits per heavy atom. The molecule has 0 aliphatic rings. The van der Waals surface area contributed by atoms with Gasteiger partial charge in [0.15, 0.2) is 0 Å². The third-order valence-corrected chi connectivity index (χ3v) is 2.85. The highest BCUT2D eigenvalue weighted by atomic mass is 16.4. The number of aromatic carboxylic acids is 2. The van der Waals surface area contributed by atoms with E-state index < -0.39 is 11.9 Å². The molecule has 2 N–H and O–H groups in total. The number of carboxylic acid groups (broad SMARTS) is 2. The van der Waals surface area contributed by atoms with E-state index >= 15 is 0 Å². The van der Waals surface area contributed by atoms with Gasteiger partial charge in [0.05, 0.1) is 16.7 Å². The zero-order chi connectivity index (χ0) is 14.7. The maximum atomic E-state index is 11.4. The van der Waals surface area contributed by atoms with E-state index in [1.165, 1.54) is 30.3 Å². The number of hydrogen-bond donors (Lipinski definition) is 2. The largest absolute Gasteiger partial charge is 0.478 e. The molecule has 0 atom stereocenters. The zero-order valence-corrected chi connectivity index (χ0v) is 10.2. The Labute approximate surface area is 114 Å². The molecule has 0 spiro atoms. The highest BCUT2D eigenvalue weighted by Crippen LogP contribution is 2.29. The quantitative estimate of drug-likeness (QED) is 0.890. The standard InChI is InChI=1S/C15H9NO4/c16-8-9-4-3-7-11(13(9)15(19)20)10-5-1-2-6-12(10)14(17)18/h1-7H,(H,17,18)(H,19,20). The molecule has 2 rings (SSSR count). The molecule has 0 radical (unpaired) electrons. The van der Waals surface area contributed by atoms with Gasteiger partial charge in [0.25, 0.3) is 0 Å². The number of nitriles is 1. The van der Waals surface area contributed by atoms with Gasteiger partial charge < -0.3 is 10.2 Å². The van der Waals surface area contributed by atoms with Crippen LogP contribution in [0.2, 0.25) is 0 Å². The van der Waals surface area contributed by atoms with Crippen LogP contribution in [0.15, 0.2) is 42.5 Å². The lowest BCUT2D eigenvalue weighted by atomic mass is 9.92. The van der Waals surface area contributed by atoms with E-state index in [0.717, 1.165) is 0 Å². The summed E-state index contributed by atoms with van der Waals surface area (Å²) in [6, 6.07) is 12.3. The fourth-order valence-electron chi connectivity index (χ4n) is 2.00. The summed E-state index contributed by atoms with van der Waals surface area (Å²) in [5, 5.41) is 27.4. The van der Waals surface area contributed by atoms with Crippen LogP contribution in [0.25, 0.3) is 11.1 Å². The smallest absolute Gasteiger partial charge is 0.337 e. The van der Waals surface area contributed by atoms with E-state index in [-0.39, 0.29) is 27.8 Å². The van der Waals surface area contributed by atoms with E-state index in [1.54, 1.807) is 12.1 Å². The van der Waals surface area contributed by atoms with Crippen molar-refractivity contribution in [2.75, 3.05) is 0 Å². The first kappa shape index (κ1) is 13.3. The van der Waals surface area contributed by atoms with Gasteiger partial charge in [-0.25, -0.2) is 9.59 Å². The van der Waals surface area contributed by atoms with Gasteiger partial charge in [-0.1, -0.05) is 30.3 Å². The fourth-order valence-corrected chi connectivity index (χ4v) is 2.00. The summed E-state index contributed by atoms with van der Waals surface area (Å²) in [5.74, 6) is -2.42. The number of benzene rings is 2. The molecule has 0 saturated carbocycles. The Morgan fingerprint density at radius 2 is 1.55 bits per heavy atom. The number of nitrogens with zero attached hydrogens (tertiary/aromatic N) is 1. The zero-order valence-electron chi connectivity index (χ0n) is 10.2. The SMILES string of the molecule is N#Cc1cccc(-c2ccccc2C(=O)O)c1C(=O)O. The van der Waals surface area contributed by atoms with Gasteiger partial charge in [-0.3, -0.25) is 0 Å². The molecule has 0 bridgehead atoms. The van der Waals surface area contributed by atoms with Crippen LogP contribution < -0.4 is 0 Å². The first-order chi connectivity index (χ1) is 9.56. The summed E-state index contributed by atoms with van der Waals surface area (Å²) in [4.78, 5) is 22.6. The van der Waals surface area contributed by atoms with Crippen molar-refractivity contribution >= 4 is 11.9 Å². The van der Waals surface area contributed by atoms with Crippen LogP contribution in [0, 0.1) is 11.3 Å². The second-order valence-corrected chi connectivity index (χ2v) is 4.00. The molecule has 0 aliphatic heterocycles. The van der Waals surface area contributed by atoms with Gasteiger partial charge in [-0.05, 0) is 23.3 Å². The number of hydrogen-bond acceptors (Lipinski definition) is 3.